The van der Waals surface area contributed by atoms with E-state index >= 15 is 0 Å². The van der Waals surface area contributed by atoms with E-state index in [1.165, 1.54) is 29.8 Å². The summed E-state index contributed by atoms with van der Waals surface area (Å²) in [5.74, 6) is -0.651. The molecule has 1 aromatic carbocycles. The van der Waals surface area contributed by atoms with Gasteiger partial charge in [0, 0.05) is 30.5 Å². The highest BCUT2D eigenvalue weighted by Gasteiger charge is 2.28. The van der Waals surface area contributed by atoms with Crippen LogP contribution in [0.5, 0.6) is 0 Å². The van der Waals surface area contributed by atoms with Crippen LogP contribution in [0.1, 0.15) is 38.2 Å². The van der Waals surface area contributed by atoms with Gasteiger partial charge in [-0.15, -0.1) is 0 Å². The Morgan fingerprint density at radius 1 is 1.32 bits per heavy atom. The molecule has 3 nitrogen and oxygen atoms in total. The molecular weight excluding hydrogens is 303 g/mol. The highest BCUT2D eigenvalue weighted by molar-refractivity contribution is 6.31. The van der Waals surface area contributed by atoms with Crippen molar-refractivity contribution in [3.8, 4) is 0 Å². The van der Waals surface area contributed by atoms with Crippen LogP contribution in [0.2, 0.25) is 0 Å². The van der Waals surface area contributed by atoms with Gasteiger partial charge in [-0.25, -0.2) is 4.39 Å². The Hall–Kier alpha value is -1.29. The van der Waals surface area contributed by atoms with Crippen molar-refractivity contribution in [1.82, 2.24) is 0 Å². The number of nitrogens with zero attached hydrogens (tertiary/aromatic N) is 2. The van der Waals surface area contributed by atoms with Crippen LogP contribution in [-0.2, 0) is 11.2 Å². The summed E-state index contributed by atoms with van der Waals surface area (Å²) in [5.41, 5.74) is 1.18. The molecule has 2 aliphatic heterocycles. The maximum atomic E-state index is 13.2. The maximum Gasteiger partial charge on any atom is 0.277 e. The molecule has 120 valence electrons. The summed E-state index contributed by atoms with van der Waals surface area (Å²) in [5, 5.41) is 0. The Morgan fingerprint density at radius 2 is 2.14 bits per heavy atom. The molecule has 3 rings (SSSR count). The number of halogens is 2. The number of benzene rings is 1. The van der Waals surface area contributed by atoms with E-state index in [1.807, 2.05) is 12.1 Å². The molecule has 2 aliphatic rings. The molecule has 22 heavy (non-hydrogen) atoms. The number of hydrogen-bond acceptors (Lipinski definition) is 2. The summed E-state index contributed by atoms with van der Waals surface area (Å²) < 4.78 is 13.2. The van der Waals surface area contributed by atoms with Crippen LogP contribution < -0.4 is 9.80 Å². The fourth-order valence-corrected chi connectivity index (χ4v) is 3.71. The fraction of sp³-hybridized carbons (Fsp3) is 0.588. The van der Waals surface area contributed by atoms with Crippen molar-refractivity contribution in [2.75, 3.05) is 22.9 Å². The minimum absolute atomic E-state index is 0.540. The molecule has 0 aliphatic carbocycles. The number of aryl methyl sites for hydroxylation is 1. The number of carbonyl (C=O) groups is 1. The quantitative estimate of drug-likeness (QED) is 0.771. The zero-order valence-corrected chi connectivity index (χ0v) is 13.7. The number of carbonyl (C=O) groups excluding carboxylic acids is 1. The van der Waals surface area contributed by atoms with Crippen molar-refractivity contribution >= 4 is 28.9 Å². The second-order valence-electron chi connectivity index (χ2n) is 6.25. The lowest BCUT2D eigenvalue weighted by Crippen LogP contribution is -2.40. The molecule has 1 saturated heterocycles. The first-order valence-electron chi connectivity index (χ1n) is 8.07. The average Bonchev–Trinajstić information content (AvgIpc) is 2.53. The van der Waals surface area contributed by atoms with E-state index in [0.29, 0.717) is 12.6 Å². The normalized spacial score (nSPS) is 23.1. The molecule has 1 fully saturated rings. The molecule has 5 heteroatoms. The van der Waals surface area contributed by atoms with Gasteiger partial charge in [0.1, 0.15) is 0 Å². The fourth-order valence-electron chi connectivity index (χ4n) is 3.59. The van der Waals surface area contributed by atoms with Gasteiger partial charge in [-0.1, -0.05) is 11.6 Å². The lowest BCUT2D eigenvalue weighted by atomic mass is 9.98. The minimum atomic E-state index is -1.97. The second-order valence-corrected chi connectivity index (χ2v) is 6.63. The van der Waals surface area contributed by atoms with E-state index < -0.39 is 11.5 Å². The lowest BCUT2D eigenvalue weighted by Gasteiger charge is -2.37. The number of piperidine rings is 1. The van der Waals surface area contributed by atoms with E-state index in [2.05, 4.69) is 17.9 Å². The molecule has 2 unspecified atom stereocenters. The van der Waals surface area contributed by atoms with Crippen LogP contribution >= 0.6 is 11.6 Å². The van der Waals surface area contributed by atoms with Crippen LogP contribution in [0, 0.1) is 0 Å². The molecule has 0 saturated carbocycles. The molecule has 0 radical (unpaired) electrons. The summed E-state index contributed by atoms with van der Waals surface area (Å²) >= 11 is 5.33. The van der Waals surface area contributed by atoms with Gasteiger partial charge in [-0.2, -0.15) is 0 Å². The third kappa shape index (κ3) is 2.94. The van der Waals surface area contributed by atoms with Crippen molar-refractivity contribution in [2.24, 2.45) is 0 Å². The molecule has 0 aromatic heterocycles. The number of hydrogen-bond donors (Lipinski definition) is 0. The Morgan fingerprint density at radius 3 is 2.86 bits per heavy atom. The number of anilines is 2. The highest BCUT2D eigenvalue weighted by Crippen LogP contribution is 2.33. The zero-order chi connectivity index (χ0) is 15.7. The molecular formula is C17H22ClFN2O. The van der Waals surface area contributed by atoms with Crippen molar-refractivity contribution in [2.45, 2.75) is 50.7 Å². The highest BCUT2D eigenvalue weighted by atomic mass is 35.5. The van der Waals surface area contributed by atoms with Crippen LogP contribution in [-0.4, -0.2) is 30.7 Å². The van der Waals surface area contributed by atoms with Crippen LogP contribution in [0.4, 0.5) is 15.8 Å². The zero-order valence-electron chi connectivity index (χ0n) is 12.9. The predicted molar refractivity (Wildman–Crippen MR) is 88.5 cm³/mol. The van der Waals surface area contributed by atoms with Gasteiger partial charge >= 0.3 is 0 Å². The van der Waals surface area contributed by atoms with Gasteiger partial charge in [0.05, 0.1) is 0 Å². The summed E-state index contributed by atoms with van der Waals surface area (Å²) in [6.07, 6.45) is 5.51. The van der Waals surface area contributed by atoms with Gasteiger partial charge in [0.15, 0.2) is 0 Å². The maximum absolute atomic E-state index is 13.2. The predicted octanol–water partition coefficient (Wildman–Crippen LogP) is 3.88. The van der Waals surface area contributed by atoms with Crippen molar-refractivity contribution < 1.29 is 9.18 Å². The van der Waals surface area contributed by atoms with E-state index in [1.54, 1.807) is 0 Å². The Bertz CT molecular complexity index is 564. The Kier molecular flexibility index (Phi) is 4.57. The molecule has 1 amide bonds. The molecule has 1 aromatic rings. The van der Waals surface area contributed by atoms with E-state index in [9.17, 15) is 9.18 Å². The SMILES string of the molecule is CC1CCCCN1c1ccc2c(c1)CCCN2C(=O)C(F)Cl. The molecule has 2 heterocycles. The Balaban J connectivity index is 1.88. The minimum Gasteiger partial charge on any atom is -0.369 e. The van der Waals surface area contributed by atoms with Gasteiger partial charge in [-0.3, -0.25) is 4.79 Å². The third-order valence-electron chi connectivity index (χ3n) is 4.77. The number of rotatable bonds is 2. The Labute approximate surface area is 136 Å². The standard InChI is InChI=1S/C17H22ClFN2O/c1-12-5-2-3-9-20(12)14-7-8-15-13(11-14)6-4-10-21(15)17(22)16(18)19/h7-8,11-12,16H,2-6,9-10H2,1H3. The summed E-state index contributed by atoms with van der Waals surface area (Å²) in [4.78, 5) is 15.8. The van der Waals surface area contributed by atoms with Gasteiger partial charge < -0.3 is 9.80 Å². The first-order chi connectivity index (χ1) is 10.6. The molecule has 2 atom stereocenters. The second kappa shape index (κ2) is 6.45. The third-order valence-corrected chi connectivity index (χ3v) is 4.96. The van der Waals surface area contributed by atoms with Crippen LogP contribution in [0.3, 0.4) is 0 Å². The van der Waals surface area contributed by atoms with Crippen LogP contribution in [0.25, 0.3) is 0 Å². The summed E-state index contributed by atoms with van der Waals surface area (Å²) in [7, 11) is 0. The van der Waals surface area contributed by atoms with Crippen molar-refractivity contribution in [1.29, 1.82) is 0 Å². The number of fused-ring (bicyclic) bond motifs is 1. The smallest absolute Gasteiger partial charge is 0.277 e. The lowest BCUT2D eigenvalue weighted by molar-refractivity contribution is -0.120. The summed E-state index contributed by atoms with van der Waals surface area (Å²) in [6.45, 7) is 3.88. The van der Waals surface area contributed by atoms with Crippen LogP contribution in [0.15, 0.2) is 18.2 Å². The largest absolute Gasteiger partial charge is 0.369 e. The monoisotopic (exact) mass is 324 g/mol. The van der Waals surface area contributed by atoms with E-state index in [4.69, 9.17) is 11.6 Å². The van der Waals surface area contributed by atoms with Gasteiger partial charge in [0.2, 0.25) is 0 Å². The van der Waals surface area contributed by atoms with Gasteiger partial charge in [0.25, 0.3) is 11.5 Å². The summed E-state index contributed by atoms with van der Waals surface area (Å²) in [6, 6.07) is 6.71. The number of amides is 1. The number of alkyl halides is 2. The van der Waals surface area contributed by atoms with E-state index in [-0.39, 0.29) is 0 Å². The topological polar surface area (TPSA) is 23.6 Å². The molecule has 0 bridgehead atoms. The first-order valence-corrected chi connectivity index (χ1v) is 8.50. The van der Waals surface area contributed by atoms with Gasteiger partial charge in [-0.05, 0) is 62.8 Å². The van der Waals surface area contributed by atoms with Crippen molar-refractivity contribution in [3.63, 3.8) is 0 Å². The van der Waals surface area contributed by atoms with E-state index in [0.717, 1.165) is 30.6 Å². The van der Waals surface area contributed by atoms with Crippen molar-refractivity contribution in [3.05, 3.63) is 23.8 Å². The first kappa shape index (κ1) is 15.6. The molecule has 0 spiro atoms. The molecule has 0 N–H and O–H groups in total. The average molecular weight is 325 g/mol.